The van der Waals surface area contributed by atoms with Gasteiger partial charge in [-0.25, -0.2) is 4.98 Å². The molecule has 3 aromatic rings. The molecule has 1 aromatic heterocycles. The van der Waals surface area contributed by atoms with Gasteiger partial charge in [-0.3, -0.25) is 14.9 Å². The number of anilines is 3. The van der Waals surface area contributed by atoms with Crippen LogP contribution in [0, 0.1) is 6.92 Å². The maximum Gasteiger partial charge on any atom is 0.257 e. The molecule has 178 valence electrons. The topological polar surface area (TPSA) is 83.6 Å². The monoisotopic (exact) mass is 478 g/mol. The molecule has 1 aliphatic carbocycles. The summed E-state index contributed by atoms with van der Waals surface area (Å²) in [5.41, 5.74) is 4.29. The van der Waals surface area contributed by atoms with Crippen molar-refractivity contribution in [3.05, 3.63) is 64.2 Å². The Morgan fingerprint density at radius 3 is 2.50 bits per heavy atom. The van der Waals surface area contributed by atoms with Gasteiger partial charge in [0.2, 0.25) is 5.91 Å². The van der Waals surface area contributed by atoms with Crippen LogP contribution >= 0.6 is 11.3 Å². The van der Waals surface area contributed by atoms with E-state index in [1.54, 1.807) is 31.4 Å². The lowest BCUT2D eigenvalue weighted by Crippen LogP contribution is -2.23. The number of thiazole rings is 1. The molecule has 0 saturated heterocycles. The van der Waals surface area contributed by atoms with Crippen molar-refractivity contribution in [2.75, 3.05) is 35.7 Å². The van der Waals surface area contributed by atoms with E-state index in [0.29, 0.717) is 16.4 Å². The van der Waals surface area contributed by atoms with Crippen LogP contribution in [0.25, 0.3) is 0 Å². The van der Waals surface area contributed by atoms with E-state index in [9.17, 15) is 9.59 Å². The molecule has 0 radical (unpaired) electrons. The minimum absolute atomic E-state index is 0.0595. The minimum Gasteiger partial charge on any atom is -0.497 e. The van der Waals surface area contributed by atoms with Crippen molar-refractivity contribution in [2.45, 2.75) is 39.5 Å². The van der Waals surface area contributed by atoms with Crippen molar-refractivity contribution in [3.8, 4) is 5.75 Å². The number of carbonyl (C=O) groups excluding carboxylic acids is 2. The standard InChI is InChI=1S/C26H30N4O3S/c1-5-30(6-2)18-9-13-21(16(3)15-18)27-25(32)20-12-14-22-23(20)28-26(34-22)29-24(31)17-7-10-19(33-4)11-8-17/h7-11,13,15,20H,5-6,12,14H2,1-4H3,(H,27,32)(H,28,29,31). The van der Waals surface area contributed by atoms with E-state index in [2.05, 4.69) is 40.4 Å². The Balaban J connectivity index is 1.44. The summed E-state index contributed by atoms with van der Waals surface area (Å²) < 4.78 is 5.14. The molecular weight excluding hydrogens is 448 g/mol. The Bertz CT molecular complexity index is 1190. The molecule has 7 nitrogen and oxygen atoms in total. The van der Waals surface area contributed by atoms with Crippen molar-refractivity contribution in [1.82, 2.24) is 4.98 Å². The second-order valence-corrected chi connectivity index (χ2v) is 9.35. The zero-order valence-electron chi connectivity index (χ0n) is 20.0. The number of benzene rings is 2. The number of carbonyl (C=O) groups is 2. The molecule has 4 rings (SSSR count). The van der Waals surface area contributed by atoms with Crippen molar-refractivity contribution >= 4 is 39.7 Å². The highest BCUT2D eigenvalue weighted by Crippen LogP contribution is 2.39. The first kappa shape index (κ1) is 23.8. The first-order chi connectivity index (χ1) is 16.4. The van der Waals surface area contributed by atoms with Gasteiger partial charge in [-0.1, -0.05) is 0 Å². The van der Waals surface area contributed by atoms with E-state index in [-0.39, 0.29) is 17.7 Å². The first-order valence-corrected chi connectivity index (χ1v) is 12.4. The number of aryl methyl sites for hydroxylation is 2. The Hall–Kier alpha value is -3.39. The highest BCUT2D eigenvalue weighted by molar-refractivity contribution is 7.16. The normalized spacial score (nSPS) is 14.4. The molecule has 2 N–H and O–H groups in total. The fourth-order valence-electron chi connectivity index (χ4n) is 4.24. The number of amides is 2. The maximum atomic E-state index is 13.1. The lowest BCUT2D eigenvalue weighted by Gasteiger charge is -2.22. The van der Waals surface area contributed by atoms with Gasteiger partial charge in [0.25, 0.3) is 5.91 Å². The van der Waals surface area contributed by atoms with Crippen LogP contribution in [-0.2, 0) is 11.2 Å². The number of fused-ring (bicyclic) bond motifs is 1. The second-order valence-electron chi connectivity index (χ2n) is 8.26. The highest BCUT2D eigenvalue weighted by atomic mass is 32.1. The van der Waals surface area contributed by atoms with E-state index in [1.165, 1.54) is 11.3 Å². The molecule has 0 saturated carbocycles. The Kier molecular flexibility index (Phi) is 7.17. The van der Waals surface area contributed by atoms with Gasteiger partial charge in [0, 0.05) is 34.9 Å². The number of ether oxygens (including phenoxy) is 1. The summed E-state index contributed by atoms with van der Waals surface area (Å²) in [6.45, 7) is 8.15. The summed E-state index contributed by atoms with van der Waals surface area (Å²) in [5.74, 6) is 0.0760. The molecule has 1 heterocycles. The Labute approximate surface area is 204 Å². The molecule has 2 aromatic carbocycles. The predicted octanol–water partition coefficient (Wildman–Crippen LogP) is 5.23. The van der Waals surface area contributed by atoms with E-state index < -0.39 is 0 Å². The number of rotatable bonds is 8. The van der Waals surface area contributed by atoms with Gasteiger partial charge in [-0.05, 0) is 81.6 Å². The largest absolute Gasteiger partial charge is 0.497 e. The van der Waals surface area contributed by atoms with Gasteiger partial charge in [0.15, 0.2) is 5.13 Å². The lowest BCUT2D eigenvalue weighted by molar-refractivity contribution is -0.117. The number of hydrogen-bond donors (Lipinski definition) is 2. The van der Waals surface area contributed by atoms with Gasteiger partial charge >= 0.3 is 0 Å². The third-order valence-corrected chi connectivity index (χ3v) is 7.25. The van der Waals surface area contributed by atoms with Crippen LogP contribution in [0.3, 0.4) is 0 Å². The van der Waals surface area contributed by atoms with Crippen molar-refractivity contribution in [3.63, 3.8) is 0 Å². The van der Waals surface area contributed by atoms with E-state index in [0.717, 1.165) is 53.4 Å². The van der Waals surface area contributed by atoms with Crippen LogP contribution in [0.5, 0.6) is 5.75 Å². The summed E-state index contributed by atoms with van der Waals surface area (Å²) in [6, 6.07) is 13.0. The van der Waals surface area contributed by atoms with Crippen molar-refractivity contribution < 1.29 is 14.3 Å². The summed E-state index contributed by atoms with van der Waals surface area (Å²) in [5, 5.41) is 6.47. The number of aromatic nitrogens is 1. The zero-order chi connectivity index (χ0) is 24.2. The predicted molar refractivity (Wildman–Crippen MR) is 137 cm³/mol. The average Bonchev–Trinajstić information content (AvgIpc) is 3.41. The number of nitrogens with one attached hydrogen (secondary N) is 2. The Morgan fingerprint density at radius 2 is 1.85 bits per heavy atom. The van der Waals surface area contributed by atoms with Crippen LogP contribution in [0.15, 0.2) is 42.5 Å². The average molecular weight is 479 g/mol. The summed E-state index contributed by atoms with van der Waals surface area (Å²) in [4.78, 5) is 33.6. The SMILES string of the molecule is CCN(CC)c1ccc(NC(=O)C2CCc3sc(NC(=O)c4ccc(OC)cc4)nc32)c(C)c1. The van der Waals surface area contributed by atoms with E-state index in [1.807, 2.05) is 19.1 Å². The molecule has 1 unspecified atom stereocenters. The first-order valence-electron chi connectivity index (χ1n) is 11.5. The van der Waals surface area contributed by atoms with E-state index >= 15 is 0 Å². The van der Waals surface area contributed by atoms with Crippen LogP contribution in [-0.4, -0.2) is 37.0 Å². The molecule has 2 amide bonds. The third-order valence-electron chi connectivity index (χ3n) is 6.20. The molecule has 0 spiro atoms. The van der Waals surface area contributed by atoms with Crippen molar-refractivity contribution in [1.29, 1.82) is 0 Å². The smallest absolute Gasteiger partial charge is 0.257 e. The summed E-state index contributed by atoms with van der Waals surface area (Å²) in [6.07, 6.45) is 1.51. The number of hydrogen-bond acceptors (Lipinski definition) is 6. The molecule has 1 atom stereocenters. The van der Waals surface area contributed by atoms with E-state index in [4.69, 9.17) is 4.74 Å². The highest BCUT2D eigenvalue weighted by Gasteiger charge is 2.33. The van der Waals surface area contributed by atoms with Gasteiger partial charge in [0.05, 0.1) is 18.7 Å². The Morgan fingerprint density at radius 1 is 1.12 bits per heavy atom. The van der Waals surface area contributed by atoms with Gasteiger partial charge in [-0.2, -0.15) is 0 Å². The number of nitrogens with zero attached hydrogens (tertiary/aromatic N) is 2. The van der Waals surface area contributed by atoms with Gasteiger partial charge in [-0.15, -0.1) is 11.3 Å². The quantitative estimate of drug-likeness (QED) is 0.463. The fraction of sp³-hybridized carbons (Fsp3) is 0.346. The maximum absolute atomic E-state index is 13.1. The van der Waals surface area contributed by atoms with Crippen molar-refractivity contribution in [2.24, 2.45) is 0 Å². The molecule has 0 fully saturated rings. The number of methoxy groups -OCH3 is 1. The summed E-state index contributed by atoms with van der Waals surface area (Å²) >= 11 is 1.44. The van der Waals surface area contributed by atoms with Crippen LogP contribution < -0.4 is 20.3 Å². The molecule has 8 heteroatoms. The minimum atomic E-state index is -0.320. The van der Waals surface area contributed by atoms with Crippen LogP contribution in [0.2, 0.25) is 0 Å². The lowest BCUT2D eigenvalue weighted by atomic mass is 10.1. The second kappa shape index (κ2) is 10.3. The van der Waals surface area contributed by atoms with Crippen LogP contribution in [0.4, 0.5) is 16.5 Å². The molecule has 0 aliphatic heterocycles. The molecule has 34 heavy (non-hydrogen) atoms. The third kappa shape index (κ3) is 4.92. The molecular formula is C26H30N4O3S. The summed E-state index contributed by atoms with van der Waals surface area (Å²) in [7, 11) is 1.58. The molecule has 0 bridgehead atoms. The fourth-order valence-corrected chi connectivity index (χ4v) is 5.27. The van der Waals surface area contributed by atoms with Gasteiger partial charge < -0.3 is 15.0 Å². The van der Waals surface area contributed by atoms with Gasteiger partial charge in [0.1, 0.15) is 5.75 Å². The van der Waals surface area contributed by atoms with Crippen LogP contribution in [0.1, 0.15) is 52.7 Å². The molecule has 1 aliphatic rings. The zero-order valence-corrected chi connectivity index (χ0v) is 20.8.